The van der Waals surface area contributed by atoms with E-state index < -0.39 is 12.0 Å². The second-order valence-electron chi connectivity index (χ2n) is 3.86. The van der Waals surface area contributed by atoms with E-state index in [1.807, 2.05) is 0 Å². The summed E-state index contributed by atoms with van der Waals surface area (Å²) in [6.45, 7) is 0. The highest BCUT2D eigenvalue weighted by molar-refractivity contribution is 5.77. The van der Waals surface area contributed by atoms with Crippen LogP contribution >= 0.6 is 0 Å². The van der Waals surface area contributed by atoms with Crippen molar-refractivity contribution in [3.63, 3.8) is 0 Å². The Bertz CT molecular complexity index is 566. The van der Waals surface area contributed by atoms with Crippen molar-refractivity contribution in [3.05, 3.63) is 42.5 Å². The molecule has 0 fully saturated rings. The van der Waals surface area contributed by atoms with Gasteiger partial charge in [0.05, 0.1) is 20.5 Å². The van der Waals surface area contributed by atoms with Crippen molar-refractivity contribution >= 4 is 5.97 Å². The van der Waals surface area contributed by atoms with E-state index in [0.717, 1.165) is 0 Å². The molecule has 1 N–H and O–H groups in total. The zero-order valence-corrected chi connectivity index (χ0v) is 10.6. The minimum absolute atomic E-state index is 0.459. The second-order valence-corrected chi connectivity index (χ2v) is 3.86. The highest BCUT2D eigenvalue weighted by Crippen LogP contribution is 2.31. The summed E-state index contributed by atoms with van der Waals surface area (Å²) >= 11 is 0. The van der Waals surface area contributed by atoms with Crippen LogP contribution in [0.3, 0.4) is 0 Å². The second kappa shape index (κ2) is 5.43. The van der Waals surface area contributed by atoms with Crippen LogP contribution < -0.4 is 9.47 Å². The standard InChI is InChI=1S/C13H14N2O4/c1-18-9-3-4-10(11(7-9)19-2)12(13(16)17)15-6-5-14-8-15/h3-8,12H,1-2H3,(H,16,17). The number of ether oxygens (including phenoxy) is 2. The van der Waals surface area contributed by atoms with Gasteiger partial charge in [0.15, 0.2) is 6.04 Å². The Balaban J connectivity index is 2.51. The SMILES string of the molecule is COc1ccc(C(C(=O)O)n2ccnc2)c(OC)c1. The summed E-state index contributed by atoms with van der Waals surface area (Å²) < 4.78 is 11.8. The number of carboxylic acids is 1. The van der Waals surface area contributed by atoms with Gasteiger partial charge in [-0.05, 0) is 12.1 Å². The van der Waals surface area contributed by atoms with Crippen LogP contribution in [0.5, 0.6) is 11.5 Å². The summed E-state index contributed by atoms with van der Waals surface area (Å²) in [4.78, 5) is 15.4. The van der Waals surface area contributed by atoms with Crippen LogP contribution in [-0.2, 0) is 4.79 Å². The van der Waals surface area contributed by atoms with Gasteiger partial charge < -0.3 is 19.1 Å². The predicted molar refractivity (Wildman–Crippen MR) is 67.5 cm³/mol. The van der Waals surface area contributed by atoms with Crippen LogP contribution in [0.1, 0.15) is 11.6 Å². The molecule has 0 spiro atoms. The van der Waals surface area contributed by atoms with Gasteiger partial charge in [-0.25, -0.2) is 9.78 Å². The molecule has 0 amide bonds. The molecule has 0 saturated carbocycles. The van der Waals surface area contributed by atoms with E-state index in [0.29, 0.717) is 17.1 Å². The molecule has 1 unspecified atom stereocenters. The highest BCUT2D eigenvalue weighted by atomic mass is 16.5. The molecule has 19 heavy (non-hydrogen) atoms. The fourth-order valence-corrected chi connectivity index (χ4v) is 1.89. The van der Waals surface area contributed by atoms with E-state index in [1.54, 1.807) is 31.5 Å². The number of nitrogens with zero attached hydrogens (tertiary/aromatic N) is 2. The van der Waals surface area contributed by atoms with E-state index in [9.17, 15) is 9.90 Å². The van der Waals surface area contributed by atoms with Gasteiger partial charge in [0.25, 0.3) is 0 Å². The zero-order chi connectivity index (χ0) is 13.8. The number of rotatable bonds is 5. The number of aromatic nitrogens is 2. The zero-order valence-electron chi connectivity index (χ0n) is 10.6. The molecule has 0 radical (unpaired) electrons. The van der Waals surface area contributed by atoms with Gasteiger partial charge in [0, 0.05) is 24.0 Å². The molecule has 0 aliphatic carbocycles. The van der Waals surface area contributed by atoms with Crippen LogP contribution in [0.2, 0.25) is 0 Å². The third-order valence-corrected chi connectivity index (χ3v) is 2.79. The maximum atomic E-state index is 11.5. The molecule has 0 aliphatic rings. The van der Waals surface area contributed by atoms with E-state index >= 15 is 0 Å². The maximum absolute atomic E-state index is 11.5. The van der Waals surface area contributed by atoms with Crippen LogP contribution in [0.4, 0.5) is 0 Å². The molecule has 0 bridgehead atoms. The van der Waals surface area contributed by atoms with Crippen molar-refractivity contribution in [2.75, 3.05) is 14.2 Å². The lowest BCUT2D eigenvalue weighted by Gasteiger charge is -2.17. The topological polar surface area (TPSA) is 73.6 Å². The van der Waals surface area contributed by atoms with E-state index in [1.165, 1.54) is 24.2 Å². The number of aliphatic carboxylic acids is 1. The predicted octanol–water partition coefficient (Wildman–Crippen LogP) is 1.57. The largest absolute Gasteiger partial charge is 0.497 e. The smallest absolute Gasteiger partial charge is 0.331 e. The van der Waals surface area contributed by atoms with Crippen LogP contribution in [0.15, 0.2) is 36.9 Å². The number of methoxy groups -OCH3 is 2. The quantitative estimate of drug-likeness (QED) is 0.885. The molecule has 0 saturated heterocycles. The minimum atomic E-state index is -0.985. The normalized spacial score (nSPS) is 11.9. The van der Waals surface area contributed by atoms with Gasteiger partial charge in [-0.15, -0.1) is 0 Å². The first-order valence-corrected chi connectivity index (χ1v) is 5.59. The Morgan fingerprint density at radius 1 is 1.37 bits per heavy atom. The Kier molecular flexibility index (Phi) is 3.70. The van der Waals surface area contributed by atoms with E-state index in [2.05, 4.69) is 4.98 Å². The molecule has 1 atom stereocenters. The number of imidazole rings is 1. The number of hydrogen-bond donors (Lipinski definition) is 1. The average molecular weight is 262 g/mol. The van der Waals surface area contributed by atoms with Gasteiger partial charge in [-0.1, -0.05) is 0 Å². The minimum Gasteiger partial charge on any atom is -0.497 e. The lowest BCUT2D eigenvalue weighted by molar-refractivity contribution is -0.139. The molecule has 1 aromatic heterocycles. The van der Waals surface area contributed by atoms with Crippen molar-refractivity contribution in [2.24, 2.45) is 0 Å². The lowest BCUT2D eigenvalue weighted by atomic mass is 10.1. The Morgan fingerprint density at radius 2 is 2.16 bits per heavy atom. The number of carboxylic acid groups (broad SMARTS) is 1. The first kappa shape index (κ1) is 12.9. The van der Waals surface area contributed by atoms with Crippen molar-refractivity contribution < 1.29 is 19.4 Å². The fraction of sp³-hybridized carbons (Fsp3) is 0.231. The van der Waals surface area contributed by atoms with Gasteiger partial charge in [0.2, 0.25) is 0 Å². The van der Waals surface area contributed by atoms with Crippen molar-refractivity contribution in [1.29, 1.82) is 0 Å². The van der Waals surface area contributed by atoms with Crippen molar-refractivity contribution in [1.82, 2.24) is 9.55 Å². The molecule has 6 nitrogen and oxygen atoms in total. The van der Waals surface area contributed by atoms with Crippen LogP contribution in [-0.4, -0.2) is 34.8 Å². The van der Waals surface area contributed by atoms with Crippen molar-refractivity contribution in [2.45, 2.75) is 6.04 Å². The van der Waals surface area contributed by atoms with Gasteiger partial charge in [-0.2, -0.15) is 0 Å². The number of hydrogen-bond acceptors (Lipinski definition) is 4. The Morgan fingerprint density at radius 3 is 2.68 bits per heavy atom. The molecule has 0 aliphatic heterocycles. The summed E-state index contributed by atoms with van der Waals surface area (Å²) in [5.41, 5.74) is 0.536. The van der Waals surface area contributed by atoms with Crippen molar-refractivity contribution in [3.8, 4) is 11.5 Å². The maximum Gasteiger partial charge on any atom is 0.331 e. The van der Waals surface area contributed by atoms with E-state index in [-0.39, 0.29) is 0 Å². The molecular weight excluding hydrogens is 248 g/mol. The third kappa shape index (κ3) is 2.52. The highest BCUT2D eigenvalue weighted by Gasteiger charge is 2.25. The molecule has 1 aromatic carbocycles. The summed E-state index contributed by atoms with van der Waals surface area (Å²) in [5.74, 6) is 0.0808. The summed E-state index contributed by atoms with van der Waals surface area (Å²) in [5, 5.41) is 9.41. The van der Waals surface area contributed by atoms with Gasteiger partial charge in [-0.3, -0.25) is 0 Å². The van der Waals surface area contributed by atoms with E-state index in [4.69, 9.17) is 9.47 Å². The molecule has 100 valence electrons. The monoisotopic (exact) mass is 262 g/mol. The molecular formula is C13H14N2O4. The summed E-state index contributed by atoms with van der Waals surface area (Å²) in [6, 6.07) is 4.15. The van der Waals surface area contributed by atoms with Crippen LogP contribution in [0.25, 0.3) is 0 Å². The number of carbonyl (C=O) groups is 1. The summed E-state index contributed by atoms with van der Waals surface area (Å²) in [6.07, 6.45) is 4.59. The molecule has 1 heterocycles. The van der Waals surface area contributed by atoms with Gasteiger partial charge >= 0.3 is 5.97 Å². The molecule has 2 aromatic rings. The molecule has 2 rings (SSSR count). The molecule has 6 heteroatoms. The lowest BCUT2D eigenvalue weighted by Crippen LogP contribution is -2.19. The Hall–Kier alpha value is -2.50. The summed E-state index contributed by atoms with van der Waals surface area (Å²) in [7, 11) is 3.03. The first-order chi connectivity index (χ1) is 9.17. The Labute approximate surface area is 110 Å². The van der Waals surface area contributed by atoms with Crippen LogP contribution in [0, 0.1) is 0 Å². The number of benzene rings is 1. The first-order valence-electron chi connectivity index (χ1n) is 5.59. The third-order valence-electron chi connectivity index (χ3n) is 2.79. The van der Waals surface area contributed by atoms with Gasteiger partial charge in [0.1, 0.15) is 11.5 Å². The average Bonchev–Trinajstić information content (AvgIpc) is 2.92. The fourth-order valence-electron chi connectivity index (χ4n) is 1.89.